The quantitative estimate of drug-likeness (QED) is 0.471. The number of ether oxygens (including phenoxy) is 2. The summed E-state index contributed by atoms with van der Waals surface area (Å²) in [6.07, 6.45) is 0.0166. The second-order valence-electron chi connectivity index (χ2n) is 8.59. The van der Waals surface area contributed by atoms with E-state index < -0.39 is 10.0 Å². The van der Waals surface area contributed by atoms with Crippen molar-refractivity contribution in [3.63, 3.8) is 0 Å². The molecule has 0 saturated carbocycles. The lowest BCUT2D eigenvalue weighted by atomic mass is 9.86. The fraction of sp³-hybridized carbons (Fsp3) is 0.280. The molecule has 1 saturated heterocycles. The summed E-state index contributed by atoms with van der Waals surface area (Å²) in [6.45, 7) is 7.11. The molecular formula is C25H27NO4S. The van der Waals surface area contributed by atoms with Gasteiger partial charge in [0.2, 0.25) is 0 Å². The number of sulfonamides is 1. The highest BCUT2D eigenvalue weighted by Crippen LogP contribution is 2.41. The minimum absolute atomic E-state index is 0.0166. The van der Waals surface area contributed by atoms with Crippen molar-refractivity contribution < 1.29 is 17.9 Å². The Labute approximate surface area is 184 Å². The van der Waals surface area contributed by atoms with Crippen molar-refractivity contribution >= 4 is 21.4 Å². The number of hydrogen-bond donors (Lipinski definition) is 0. The van der Waals surface area contributed by atoms with E-state index in [-0.39, 0.29) is 16.4 Å². The number of para-hydroxylation sites is 3. The molecule has 1 atom stereocenters. The normalized spacial score (nSPS) is 16.0. The maximum atomic E-state index is 14.1. The summed E-state index contributed by atoms with van der Waals surface area (Å²) in [5.74, 6) is 0.391. The van der Waals surface area contributed by atoms with Gasteiger partial charge < -0.3 is 9.47 Å². The van der Waals surface area contributed by atoms with Crippen molar-refractivity contribution in [1.29, 1.82) is 0 Å². The lowest BCUT2D eigenvalue weighted by molar-refractivity contribution is 0.253. The Morgan fingerprint density at radius 3 is 1.94 bits per heavy atom. The molecule has 6 heteroatoms. The summed E-state index contributed by atoms with van der Waals surface area (Å²) in [7, 11) is -3.98. The first-order valence-electron chi connectivity index (χ1n) is 10.3. The van der Waals surface area contributed by atoms with Crippen LogP contribution >= 0.6 is 0 Å². The Hall–Kier alpha value is -2.83. The number of epoxide rings is 1. The molecule has 0 aromatic heterocycles. The van der Waals surface area contributed by atoms with Crippen LogP contribution in [0.3, 0.4) is 0 Å². The first-order valence-corrected chi connectivity index (χ1v) is 11.8. The number of nitrogens with zero attached hydrogens (tertiary/aromatic N) is 1. The van der Waals surface area contributed by atoms with Gasteiger partial charge in [-0.15, -0.1) is 0 Å². The molecular weight excluding hydrogens is 410 g/mol. The molecule has 0 aliphatic carbocycles. The van der Waals surface area contributed by atoms with Crippen LogP contribution < -0.4 is 9.04 Å². The molecule has 0 bridgehead atoms. The maximum absolute atomic E-state index is 14.1. The average Bonchev–Trinajstić information content (AvgIpc) is 3.57. The topological polar surface area (TPSA) is 59.1 Å². The number of rotatable bonds is 7. The zero-order chi connectivity index (χ0) is 22.1. The van der Waals surface area contributed by atoms with Gasteiger partial charge in [0.25, 0.3) is 10.0 Å². The van der Waals surface area contributed by atoms with Crippen LogP contribution in [0.5, 0.6) is 5.75 Å². The summed E-state index contributed by atoms with van der Waals surface area (Å²) in [4.78, 5) is 0.147. The van der Waals surface area contributed by atoms with E-state index in [1.165, 1.54) is 4.31 Å². The highest BCUT2D eigenvalue weighted by atomic mass is 32.2. The Kier molecular flexibility index (Phi) is 5.77. The predicted octanol–water partition coefficient (Wildman–Crippen LogP) is 5.29. The summed E-state index contributed by atoms with van der Waals surface area (Å²) in [5.41, 5.74) is 1.67. The summed E-state index contributed by atoms with van der Waals surface area (Å²) in [5, 5.41) is 0. The van der Waals surface area contributed by atoms with Gasteiger partial charge in [-0.3, -0.25) is 0 Å². The van der Waals surface area contributed by atoms with Gasteiger partial charge in [-0.05, 0) is 35.7 Å². The van der Waals surface area contributed by atoms with E-state index in [0.717, 1.165) is 5.56 Å². The number of benzene rings is 3. The molecule has 5 nitrogen and oxygen atoms in total. The van der Waals surface area contributed by atoms with Crippen LogP contribution in [0.15, 0.2) is 83.8 Å². The third-order valence-corrected chi connectivity index (χ3v) is 6.88. The molecule has 0 N–H and O–H groups in total. The molecule has 1 aliphatic heterocycles. The van der Waals surface area contributed by atoms with Crippen molar-refractivity contribution in [3.05, 3.63) is 84.4 Å². The molecule has 1 unspecified atom stereocenters. The summed E-state index contributed by atoms with van der Waals surface area (Å²) < 4.78 is 41.0. The lowest BCUT2D eigenvalue weighted by Gasteiger charge is -2.28. The molecule has 0 amide bonds. The first kappa shape index (κ1) is 21.4. The first-order chi connectivity index (χ1) is 14.8. The second kappa shape index (κ2) is 8.36. The molecule has 4 rings (SSSR count). The standard InChI is InChI=1S/C25H27NO4S/c1-25(2,3)22-15-10-16-23(24(22)30-18-21-17-29-21)31(27,28)26(19-11-6-4-7-12-19)20-13-8-5-9-14-20/h4-16,21H,17-18H2,1-3H3. The monoisotopic (exact) mass is 437 g/mol. The molecule has 1 heterocycles. The van der Waals surface area contributed by atoms with Crippen molar-refractivity contribution in [1.82, 2.24) is 0 Å². The molecule has 31 heavy (non-hydrogen) atoms. The Morgan fingerprint density at radius 2 is 1.45 bits per heavy atom. The van der Waals surface area contributed by atoms with Crippen LogP contribution in [-0.2, 0) is 20.2 Å². The van der Waals surface area contributed by atoms with Crippen LogP contribution in [0.4, 0.5) is 11.4 Å². The smallest absolute Gasteiger partial charge is 0.272 e. The Balaban J connectivity index is 1.89. The molecule has 1 aliphatic rings. The van der Waals surface area contributed by atoms with E-state index in [1.807, 2.05) is 63.2 Å². The van der Waals surface area contributed by atoms with E-state index in [9.17, 15) is 8.42 Å². The third kappa shape index (κ3) is 4.60. The average molecular weight is 438 g/mol. The molecule has 1 fully saturated rings. The fourth-order valence-electron chi connectivity index (χ4n) is 3.45. The SMILES string of the molecule is CC(C)(C)c1cccc(S(=O)(=O)N(c2ccccc2)c2ccccc2)c1OCC1CO1. The van der Waals surface area contributed by atoms with E-state index in [4.69, 9.17) is 9.47 Å². The van der Waals surface area contributed by atoms with Crippen LogP contribution in [0.25, 0.3) is 0 Å². The van der Waals surface area contributed by atoms with Crippen molar-refractivity contribution in [2.24, 2.45) is 0 Å². The molecule has 0 spiro atoms. The fourth-order valence-corrected chi connectivity index (χ4v) is 5.10. The van der Waals surface area contributed by atoms with Crippen LogP contribution in [0, 0.1) is 0 Å². The van der Waals surface area contributed by atoms with Gasteiger partial charge in [0, 0.05) is 5.56 Å². The highest BCUT2D eigenvalue weighted by molar-refractivity contribution is 7.93. The van der Waals surface area contributed by atoms with Gasteiger partial charge in [0.15, 0.2) is 0 Å². The van der Waals surface area contributed by atoms with Gasteiger partial charge in [0.05, 0.1) is 18.0 Å². The summed E-state index contributed by atoms with van der Waals surface area (Å²) >= 11 is 0. The number of hydrogen-bond acceptors (Lipinski definition) is 4. The zero-order valence-corrected chi connectivity index (χ0v) is 18.8. The van der Waals surface area contributed by atoms with Crippen molar-refractivity contribution in [2.45, 2.75) is 37.2 Å². The van der Waals surface area contributed by atoms with Gasteiger partial charge in [0.1, 0.15) is 23.4 Å². The van der Waals surface area contributed by atoms with Crippen molar-refractivity contribution in [2.75, 3.05) is 17.5 Å². The van der Waals surface area contributed by atoms with E-state index in [1.54, 1.807) is 36.4 Å². The summed E-state index contributed by atoms with van der Waals surface area (Å²) in [6, 6.07) is 23.5. The van der Waals surface area contributed by atoms with Crippen LogP contribution in [0.1, 0.15) is 26.3 Å². The number of anilines is 2. The molecule has 0 radical (unpaired) electrons. The van der Waals surface area contributed by atoms with Crippen molar-refractivity contribution in [3.8, 4) is 5.75 Å². The molecule has 162 valence electrons. The van der Waals surface area contributed by atoms with Gasteiger partial charge in [-0.1, -0.05) is 69.3 Å². The van der Waals surface area contributed by atoms with Crippen LogP contribution in [0.2, 0.25) is 0 Å². The Morgan fingerprint density at radius 1 is 0.903 bits per heavy atom. The zero-order valence-electron chi connectivity index (χ0n) is 18.0. The molecule has 3 aromatic carbocycles. The highest BCUT2D eigenvalue weighted by Gasteiger charge is 2.34. The van der Waals surface area contributed by atoms with Gasteiger partial charge in [-0.25, -0.2) is 12.7 Å². The van der Waals surface area contributed by atoms with E-state index >= 15 is 0 Å². The minimum atomic E-state index is -3.98. The van der Waals surface area contributed by atoms with Gasteiger partial charge >= 0.3 is 0 Å². The van der Waals surface area contributed by atoms with E-state index in [0.29, 0.717) is 30.3 Å². The minimum Gasteiger partial charge on any atom is -0.489 e. The Bertz CT molecular complexity index is 1100. The largest absolute Gasteiger partial charge is 0.489 e. The second-order valence-corrected chi connectivity index (χ2v) is 10.3. The third-order valence-electron chi connectivity index (χ3n) is 5.10. The van der Waals surface area contributed by atoms with E-state index in [2.05, 4.69) is 0 Å². The maximum Gasteiger partial charge on any atom is 0.272 e. The van der Waals surface area contributed by atoms with Gasteiger partial charge in [-0.2, -0.15) is 0 Å². The predicted molar refractivity (Wildman–Crippen MR) is 123 cm³/mol. The van der Waals surface area contributed by atoms with Crippen LogP contribution in [-0.4, -0.2) is 27.7 Å². The molecule has 3 aromatic rings. The lowest BCUT2D eigenvalue weighted by Crippen LogP contribution is -2.28.